The minimum atomic E-state index is -0.430. The quantitative estimate of drug-likeness (QED) is 0.0980. The largest absolute Gasteiger partial charge is 0.351 e. The van der Waals surface area contributed by atoms with Crippen LogP contribution in [-0.2, 0) is 0 Å². The molecule has 0 bridgehead atoms. The number of thioether (sulfide) groups is 1. The van der Waals surface area contributed by atoms with E-state index >= 15 is 0 Å². The zero-order valence-electron chi connectivity index (χ0n) is 19.4. The van der Waals surface area contributed by atoms with Crippen molar-refractivity contribution in [1.82, 2.24) is 4.90 Å². The van der Waals surface area contributed by atoms with Gasteiger partial charge in [0, 0.05) is 31.5 Å². The van der Waals surface area contributed by atoms with Crippen molar-refractivity contribution in [2.45, 2.75) is 78.6 Å². The van der Waals surface area contributed by atoms with Gasteiger partial charge < -0.3 is 4.90 Å². The Balaban J connectivity index is 2.42. The van der Waals surface area contributed by atoms with E-state index in [1.54, 1.807) is 24.9 Å². The molecule has 3 nitrogen and oxygen atoms in total. The van der Waals surface area contributed by atoms with Gasteiger partial charge in [0.1, 0.15) is 0 Å². The molecule has 1 saturated heterocycles. The molecule has 0 aromatic heterocycles. The monoisotopic (exact) mass is 435 g/mol. The van der Waals surface area contributed by atoms with Gasteiger partial charge in [0.25, 0.3) is 0 Å². The Hall–Kier alpha value is -1.36. The van der Waals surface area contributed by atoms with Crippen LogP contribution >= 0.6 is 11.8 Å². The number of amidine groups is 1. The van der Waals surface area contributed by atoms with Crippen LogP contribution in [0.5, 0.6) is 0 Å². The van der Waals surface area contributed by atoms with Gasteiger partial charge in [-0.1, -0.05) is 74.9 Å². The molecule has 0 radical (unpaired) electrons. The Morgan fingerprint density at radius 1 is 1.20 bits per heavy atom. The Morgan fingerprint density at radius 3 is 2.60 bits per heavy atom. The predicted molar refractivity (Wildman–Crippen MR) is 134 cm³/mol. The maximum absolute atomic E-state index is 13.0. The van der Waals surface area contributed by atoms with E-state index in [9.17, 15) is 4.39 Å². The van der Waals surface area contributed by atoms with Crippen LogP contribution in [0.25, 0.3) is 0 Å². The van der Waals surface area contributed by atoms with Crippen LogP contribution in [0.3, 0.4) is 0 Å². The van der Waals surface area contributed by atoms with Gasteiger partial charge in [0.15, 0.2) is 5.17 Å². The summed E-state index contributed by atoms with van der Waals surface area (Å²) in [4.78, 5) is 11.0. The summed E-state index contributed by atoms with van der Waals surface area (Å²) in [6.07, 6.45) is 18.6. The molecule has 5 heteroatoms. The number of halogens is 1. The first kappa shape index (κ1) is 26.7. The van der Waals surface area contributed by atoms with Crippen molar-refractivity contribution in [2.75, 3.05) is 25.4 Å². The molecule has 0 unspecified atom stereocenters. The van der Waals surface area contributed by atoms with Crippen LogP contribution in [0.1, 0.15) is 78.6 Å². The van der Waals surface area contributed by atoms with E-state index in [1.807, 2.05) is 6.08 Å². The minimum Gasteiger partial charge on any atom is -0.351 e. The molecule has 1 aliphatic heterocycles. The Morgan fingerprint density at radius 2 is 1.93 bits per heavy atom. The number of hydrogen-bond donors (Lipinski definition) is 0. The van der Waals surface area contributed by atoms with Gasteiger partial charge in [0.2, 0.25) is 5.95 Å². The number of rotatable bonds is 13. The van der Waals surface area contributed by atoms with E-state index in [0.29, 0.717) is 13.0 Å². The molecule has 0 aliphatic carbocycles. The summed E-state index contributed by atoms with van der Waals surface area (Å²) in [5, 5.41) is 1.13. The summed E-state index contributed by atoms with van der Waals surface area (Å²) < 4.78 is 13.0. The average molecular weight is 436 g/mol. The van der Waals surface area contributed by atoms with Gasteiger partial charge in [-0.25, -0.2) is 4.99 Å². The molecule has 0 N–H and O–H groups in total. The molecule has 1 rings (SSSR count). The van der Waals surface area contributed by atoms with E-state index in [1.165, 1.54) is 63.0 Å². The van der Waals surface area contributed by atoms with E-state index < -0.39 is 5.95 Å². The third-order valence-electron chi connectivity index (χ3n) is 5.47. The van der Waals surface area contributed by atoms with Crippen LogP contribution in [0.4, 0.5) is 4.39 Å². The highest BCUT2D eigenvalue weighted by molar-refractivity contribution is 8.13. The van der Waals surface area contributed by atoms with Gasteiger partial charge >= 0.3 is 0 Å². The van der Waals surface area contributed by atoms with Crippen molar-refractivity contribution in [3.8, 4) is 0 Å². The molecule has 0 amide bonds. The molecule has 0 spiro atoms. The lowest BCUT2D eigenvalue weighted by atomic mass is 9.91. The number of allylic oxidation sites excluding steroid dienone is 2. The molecule has 1 aliphatic rings. The number of aliphatic imine (C=N–C) groups is 2. The van der Waals surface area contributed by atoms with Crippen LogP contribution in [0.15, 0.2) is 46.3 Å². The average Bonchev–Trinajstić information content (AvgIpc) is 2.76. The highest BCUT2D eigenvalue weighted by Gasteiger charge is 2.21. The van der Waals surface area contributed by atoms with E-state index in [-0.39, 0.29) is 0 Å². The molecular formula is C25H42FN3S. The van der Waals surface area contributed by atoms with Crippen LogP contribution < -0.4 is 0 Å². The SMILES string of the molecule is C=CCN=C(SC/C=C(\C)C/C=N\C(F)=C/C)N1CCC(CCCCCCC)CC1. The van der Waals surface area contributed by atoms with Gasteiger partial charge in [-0.3, -0.25) is 4.99 Å². The van der Waals surface area contributed by atoms with Gasteiger partial charge in [-0.2, -0.15) is 4.39 Å². The molecule has 0 aromatic carbocycles. The summed E-state index contributed by atoms with van der Waals surface area (Å²) in [6, 6.07) is 0. The lowest BCUT2D eigenvalue weighted by molar-refractivity contribution is 0.254. The fourth-order valence-corrected chi connectivity index (χ4v) is 4.57. The second-order valence-corrected chi connectivity index (χ2v) is 9.02. The third kappa shape index (κ3) is 12.4. The number of unbranched alkanes of at least 4 members (excludes halogenated alkanes) is 4. The standard InChI is InChI=1S/C25H42FN3S/c1-5-8-9-10-11-12-23-14-19-29(20-15-23)25(28-17-6-2)30-21-16-22(4)13-18-27-24(26)7-3/h6-7,16,18,23H,2,5,8-15,17,19-21H2,1,3-4H3/b22-16+,24-7-,27-18-,28-25?. The highest BCUT2D eigenvalue weighted by Crippen LogP contribution is 2.25. The Bertz CT molecular complexity index is 587. The van der Waals surface area contributed by atoms with E-state index in [0.717, 1.165) is 29.9 Å². The molecule has 170 valence electrons. The summed E-state index contributed by atoms with van der Waals surface area (Å²) in [5.41, 5.74) is 1.19. The van der Waals surface area contributed by atoms with E-state index in [2.05, 4.69) is 36.4 Å². The molecule has 30 heavy (non-hydrogen) atoms. The molecule has 1 fully saturated rings. The van der Waals surface area contributed by atoms with Crippen molar-refractivity contribution in [2.24, 2.45) is 15.9 Å². The van der Waals surface area contributed by atoms with E-state index in [4.69, 9.17) is 4.99 Å². The van der Waals surface area contributed by atoms with Crippen molar-refractivity contribution < 1.29 is 4.39 Å². The maximum Gasteiger partial charge on any atom is 0.208 e. The van der Waals surface area contributed by atoms with Crippen LogP contribution in [-0.4, -0.2) is 41.7 Å². The number of piperidine rings is 1. The Labute approximate surface area is 188 Å². The molecule has 0 aromatic rings. The lowest BCUT2D eigenvalue weighted by Gasteiger charge is -2.34. The Kier molecular flexibility index (Phi) is 15.4. The fourth-order valence-electron chi connectivity index (χ4n) is 3.52. The zero-order chi connectivity index (χ0) is 22.0. The van der Waals surface area contributed by atoms with Crippen LogP contribution in [0, 0.1) is 5.92 Å². The molecule has 0 atom stereocenters. The summed E-state index contributed by atoms with van der Waals surface area (Å²) >= 11 is 1.79. The summed E-state index contributed by atoms with van der Waals surface area (Å²) in [6.45, 7) is 12.7. The molecule has 1 heterocycles. The van der Waals surface area contributed by atoms with Gasteiger partial charge in [0.05, 0.1) is 6.54 Å². The number of hydrogen-bond acceptors (Lipinski definition) is 3. The first-order valence-corrected chi connectivity index (χ1v) is 12.6. The lowest BCUT2D eigenvalue weighted by Crippen LogP contribution is -2.37. The third-order valence-corrected chi connectivity index (χ3v) is 6.45. The van der Waals surface area contributed by atoms with Crippen molar-refractivity contribution in [3.63, 3.8) is 0 Å². The first-order valence-electron chi connectivity index (χ1n) is 11.6. The number of nitrogens with zero attached hydrogens (tertiary/aromatic N) is 3. The minimum absolute atomic E-state index is 0.430. The fraction of sp³-hybridized carbons (Fsp3) is 0.680. The van der Waals surface area contributed by atoms with Crippen molar-refractivity contribution >= 4 is 23.1 Å². The molecule has 0 saturated carbocycles. The van der Waals surface area contributed by atoms with Crippen molar-refractivity contribution in [3.05, 3.63) is 36.3 Å². The number of likely N-dealkylation sites (tertiary alicyclic amines) is 1. The second-order valence-electron chi connectivity index (χ2n) is 8.03. The normalized spacial score (nSPS) is 17.2. The smallest absolute Gasteiger partial charge is 0.208 e. The first-order chi connectivity index (χ1) is 14.6. The topological polar surface area (TPSA) is 28.0 Å². The second kappa shape index (κ2) is 17.3. The zero-order valence-corrected chi connectivity index (χ0v) is 20.2. The summed E-state index contributed by atoms with van der Waals surface area (Å²) in [5.74, 6) is 1.33. The van der Waals surface area contributed by atoms with Gasteiger partial charge in [-0.05, 0) is 38.7 Å². The predicted octanol–water partition coefficient (Wildman–Crippen LogP) is 7.57. The van der Waals surface area contributed by atoms with Crippen molar-refractivity contribution in [1.29, 1.82) is 0 Å². The highest BCUT2D eigenvalue weighted by atomic mass is 32.2. The summed E-state index contributed by atoms with van der Waals surface area (Å²) in [7, 11) is 0. The maximum atomic E-state index is 13.0. The molecular weight excluding hydrogens is 393 g/mol. The van der Waals surface area contributed by atoms with Crippen LogP contribution in [0.2, 0.25) is 0 Å². The van der Waals surface area contributed by atoms with Gasteiger partial charge in [-0.15, -0.1) is 6.58 Å².